The molecule has 3 heterocycles. The van der Waals surface area contributed by atoms with Gasteiger partial charge in [-0.2, -0.15) is 9.61 Å². The van der Waals surface area contributed by atoms with Crippen LogP contribution in [0.25, 0.3) is 23.0 Å². The van der Waals surface area contributed by atoms with Gasteiger partial charge in [-0.25, -0.2) is 9.78 Å². The van der Waals surface area contributed by atoms with Gasteiger partial charge in [-0.3, -0.25) is 10.1 Å². The Balaban J connectivity index is 1.66. The Labute approximate surface area is 159 Å². The van der Waals surface area contributed by atoms with E-state index in [1.165, 1.54) is 0 Å². The van der Waals surface area contributed by atoms with Crippen molar-refractivity contribution >= 4 is 29.5 Å². The molecule has 0 atom stereocenters. The molecule has 2 aromatic heterocycles. The number of carbonyl (C=O) groups is 2. The average molecular weight is 376 g/mol. The van der Waals surface area contributed by atoms with Gasteiger partial charge in [-0.15, -0.1) is 0 Å². The second-order valence-corrected chi connectivity index (χ2v) is 6.80. The van der Waals surface area contributed by atoms with Crippen molar-refractivity contribution in [3.05, 3.63) is 47.8 Å². The summed E-state index contributed by atoms with van der Waals surface area (Å²) in [6, 6.07) is 8.57. The molecular weight excluding hydrogens is 360 g/mol. The molecular formula is C19H16N6O3. The van der Waals surface area contributed by atoms with Crippen molar-refractivity contribution in [3.63, 3.8) is 0 Å². The first-order valence-electron chi connectivity index (χ1n) is 8.85. The van der Waals surface area contributed by atoms with Gasteiger partial charge in [0.15, 0.2) is 5.65 Å². The number of anilines is 1. The Morgan fingerprint density at radius 2 is 2.07 bits per heavy atom. The molecule has 3 amide bonds. The minimum atomic E-state index is -0.558. The van der Waals surface area contributed by atoms with E-state index in [1.54, 1.807) is 35.0 Å². The highest BCUT2D eigenvalue weighted by molar-refractivity contribution is 6.14. The number of benzene rings is 1. The molecule has 1 aliphatic carbocycles. The zero-order valence-corrected chi connectivity index (χ0v) is 14.6. The molecule has 1 aliphatic heterocycles. The number of hydrogen-bond acceptors (Lipinski definition) is 6. The normalized spacial score (nSPS) is 17.8. The molecule has 0 radical (unpaired) electrons. The number of aromatic nitrogens is 3. The SMILES string of the molecule is O=C1NC(=O)C(=Cc2cnn3c(NC4CC4)cc(-c4cccc(O)c4)nc23)N1. The van der Waals surface area contributed by atoms with Crippen molar-refractivity contribution < 1.29 is 14.7 Å². The maximum atomic E-state index is 11.8. The maximum absolute atomic E-state index is 11.8. The van der Waals surface area contributed by atoms with Crippen molar-refractivity contribution in [3.8, 4) is 17.0 Å². The predicted octanol–water partition coefficient (Wildman–Crippen LogP) is 1.86. The number of aromatic hydroxyl groups is 1. The van der Waals surface area contributed by atoms with Gasteiger partial charge in [0, 0.05) is 23.2 Å². The van der Waals surface area contributed by atoms with E-state index in [-0.39, 0.29) is 11.4 Å². The van der Waals surface area contributed by atoms with Crippen molar-refractivity contribution in [2.75, 3.05) is 5.32 Å². The molecule has 9 heteroatoms. The number of urea groups is 1. The van der Waals surface area contributed by atoms with Crippen LogP contribution in [0.3, 0.4) is 0 Å². The fraction of sp³-hybridized carbons (Fsp3) is 0.158. The third-order valence-corrected chi connectivity index (χ3v) is 4.59. The van der Waals surface area contributed by atoms with Crippen LogP contribution >= 0.6 is 0 Å². The third kappa shape index (κ3) is 2.92. The molecule has 0 unspecified atom stereocenters. The lowest BCUT2D eigenvalue weighted by molar-refractivity contribution is -0.115. The summed E-state index contributed by atoms with van der Waals surface area (Å²) < 4.78 is 1.67. The van der Waals surface area contributed by atoms with Gasteiger partial charge >= 0.3 is 6.03 Å². The standard InChI is InChI=1S/C19H16N6O3/c26-13-3-1-2-10(6-13)14-8-16(21-12-4-5-12)25-17(22-14)11(9-20-25)7-15-18(27)24-19(28)23-15/h1-3,6-9,12,21,26H,4-5H2,(H2,23,24,27,28). The van der Waals surface area contributed by atoms with E-state index in [9.17, 15) is 14.7 Å². The lowest BCUT2D eigenvalue weighted by Gasteiger charge is -2.10. The van der Waals surface area contributed by atoms with Crippen LogP contribution in [0.4, 0.5) is 10.6 Å². The number of nitrogens with zero attached hydrogens (tertiary/aromatic N) is 3. The number of phenols is 1. The van der Waals surface area contributed by atoms with E-state index in [0.717, 1.165) is 24.2 Å². The van der Waals surface area contributed by atoms with Crippen molar-refractivity contribution in [1.29, 1.82) is 0 Å². The molecule has 1 saturated carbocycles. The van der Waals surface area contributed by atoms with Crippen molar-refractivity contribution in [2.45, 2.75) is 18.9 Å². The van der Waals surface area contributed by atoms with Crippen LogP contribution in [0.1, 0.15) is 18.4 Å². The topological polar surface area (TPSA) is 121 Å². The summed E-state index contributed by atoms with van der Waals surface area (Å²) in [5.41, 5.74) is 2.68. The summed E-state index contributed by atoms with van der Waals surface area (Å²) in [6.45, 7) is 0. The highest BCUT2D eigenvalue weighted by Gasteiger charge is 2.25. The average Bonchev–Trinajstić information content (AvgIpc) is 3.30. The van der Waals surface area contributed by atoms with Crippen LogP contribution in [0, 0.1) is 0 Å². The van der Waals surface area contributed by atoms with Crippen LogP contribution in [-0.4, -0.2) is 37.7 Å². The number of carbonyl (C=O) groups excluding carboxylic acids is 2. The van der Waals surface area contributed by atoms with Gasteiger partial charge in [-0.05, 0) is 31.1 Å². The van der Waals surface area contributed by atoms with Crippen LogP contribution in [0.15, 0.2) is 42.2 Å². The Kier molecular flexibility index (Phi) is 3.54. The predicted molar refractivity (Wildman–Crippen MR) is 101 cm³/mol. The van der Waals surface area contributed by atoms with Crippen molar-refractivity contribution in [1.82, 2.24) is 25.2 Å². The van der Waals surface area contributed by atoms with E-state index in [1.807, 2.05) is 12.1 Å². The summed E-state index contributed by atoms with van der Waals surface area (Å²) in [4.78, 5) is 27.9. The lowest BCUT2D eigenvalue weighted by Crippen LogP contribution is -2.22. The van der Waals surface area contributed by atoms with Gasteiger partial charge in [-0.1, -0.05) is 12.1 Å². The lowest BCUT2D eigenvalue weighted by atomic mass is 10.1. The van der Waals surface area contributed by atoms with E-state index in [2.05, 4.69) is 26.0 Å². The Hall–Kier alpha value is -3.88. The summed E-state index contributed by atoms with van der Waals surface area (Å²) in [5, 5.41) is 22.3. The molecule has 5 rings (SSSR count). The van der Waals surface area contributed by atoms with Gasteiger partial charge in [0.25, 0.3) is 5.91 Å². The van der Waals surface area contributed by atoms with E-state index in [4.69, 9.17) is 0 Å². The first-order valence-corrected chi connectivity index (χ1v) is 8.85. The summed E-state index contributed by atoms with van der Waals surface area (Å²) in [5.74, 6) is 0.428. The second kappa shape index (κ2) is 6.08. The molecule has 0 spiro atoms. The summed E-state index contributed by atoms with van der Waals surface area (Å²) >= 11 is 0. The monoisotopic (exact) mass is 376 g/mol. The first-order chi connectivity index (χ1) is 13.6. The molecule has 9 nitrogen and oxygen atoms in total. The molecule has 140 valence electrons. The van der Waals surface area contributed by atoms with Gasteiger partial charge in [0.2, 0.25) is 0 Å². The Bertz CT molecular complexity index is 1160. The van der Waals surface area contributed by atoms with Crippen LogP contribution in [0.5, 0.6) is 5.75 Å². The number of rotatable bonds is 4. The molecule has 3 aromatic rings. The molecule has 2 aliphatic rings. The molecule has 4 N–H and O–H groups in total. The van der Waals surface area contributed by atoms with Crippen molar-refractivity contribution in [2.24, 2.45) is 0 Å². The molecule has 0 bridgehead atoms. The third-order valence-electron chi connectivity index (χ3n) is 4.59. The van der Waals surface area contributed by atoms with Crippen LogP contribution in [-0.2, 0) is 4.79 Å². The molecule has 1 saturated heterocycles. The van der Waals surface area contributed by atoms with Gasteiger partial charge < -0.3 is 15.7 Å². The van der Waals surface area contributed by atoms with Crippen LogP contribution < -0.4 is 16.0 Å². The number of imide groups is 1. The highest BCUT2D eigenvalue weighted by Crippen LogP contribution is 2.30. The minimum Gasteiger partial charge on any atom is -0.508 e. The van der Waals surface area contributed by atoms with E-state index in [0.29, 0.717) is 22.9 Å². The molecule has 2 fully saturated rings. The number of fused-ring (bicyclic) bond motifs is 1. The summed E-state index contributed by atoms with van der Waals surface area (Å²) in [7, 11) is 0. The quantitative estimate of drug-likeness (QED) is 0.407. The number of phenolic OH excluding ortho intramolecular Hbond substituents is 1. The Morgan fingerprint density at radius 1 is 1.21 bits per heavy atom. The van der Waals surface area contributed by atoms with E-state index >= 15 is 0 Å². The summed E-state index contributed by atoms with van der Waals surface area (Å²) in [6.07, 6.45) is 5.32. The fourth-order valence-corrected chi connectivity index (χ4v) is 3.07. The molecule has 1 aromatic carbocycles. The Morgan fingerprint density at radius 3 is 2.79 bits per heavy atom. The maximum Gasteiger partial charge on any atom is 0.326 e. The molecule has 28 heavy (non-hydrogen) atoms. The van der Waals surface area contributed by atoms with Gasteiger partial charge in [0.05, 0.1) is 11.9 Å². The first kappa shape index (κ1) is 16.3. The smallest absolute Gasteiger partial charge is 0.326 e. The fourth-order valence-electron chi connectivity index (χ4n) is 3.07. The highest BCUT2D eigenvalue weighted by atomic mass is 16.3. The minimum absolute atomic E-state index is 0.140. The van der Waals surface area contributed by atoms with Gasteiger partial charge in [0.1, 0.15) is 17.3 Å². The number of nitrogens with one attached hydrogen (secondary N) is 3. The number of amides is 3. The number of hydrogen-bond donors (Lipinski definition) is 4. The zero-order valence-electron chi connectivity index (χ0n) is 14.6. The largest absolute Gasteiger partial charge is 0.508 e. The van der Waals surface area contributed by atoms with E-state index < -0.39 is 11.9 Å². The zero-order chi connectivity index (χ0) is 19.3. The second-order valence-electron chi connectivity index (χ2n) is 6.80. The van der Waals surface area contributed by atoms with Crippen LogP contribution in [0.2, 0.25) is 0 Å².